The first-order valence-electron chi connectivity index (χ1n) is 9.56. The molecule has 0 saturated carbocycles. The molecule has 1 atom stereocenters. The molecule has 0 bridgehead atoms. The number of carbonyl (C=O) groups excluding carboxylic acids is 1. The molecule has 1 amide bonds. The maximum atomic E-state index is 12.2. The Morgan fingerprint density at radius 1 is 1.37 bits per heavy atom. The summed E-state index contributed by atoms with van der Waals surface area (Å²) in [4.78, 5) is 23.4. The van der Waals surface area contributed by atoms with Gasteiger partial charge in [-0.2, -0.15) is 0 Å². The van der Waals surface area contributed by atoms with Crippen molar-refractivity contribution >= 4 is 29.3 Å². The highest BCUT2D eigenvalue weighted by atomic mass is 35.5. The minimum Gasteiger partial charge on any atom is -0.357 e. The van der Waals surface area contributed by atoms with Gasteiger partial charge in [0.1, 0.15) is 5.82 Å². The topological polar surface area (TPSA) is 81.6 Å². The van der Waals surface area contributed by atoms with Crippen molar-refractivity contribution in [3.8, 4) is 0 Å². The summed E-state index contributed by atoms with van der Waals surface area (Å²) in [5.74, 6) is 1.57. The van der Waals surface area contributed by atoms with E-state index in [1.54, 1.807) is 6.20 Å². The molecule has 150 valence electrons. The molecule has 1 aliphatic rings. The van der Waals surface area contributed by atoms with Gasteiger partial charge in [-0.1, -0.05) is 11.6 Å². The van der Waals surface area contributed by atoms with Crippen LogP contribution in [-0.4, -0.2) is 55.6 Å². The van der Waals surface area contributed by atoms with Gasteiger partial charge in [-0.15, -0.1) is 0 Å². The van der Waals surface area contributed by atoms with E-state index in [0.717, 1.165) is 37.8 Å². The average molecular weight is 395 g/mol. The number of nitrogens with zero attached hydrogens (tertiary/aromatic N) is 3. The molecule has 1 saturated heterocycles. The number of nitrogens with one attached hydrogen (secondary N) is 3. The molecule has 27 heavy (non-hydrogen) atoms. The van der Waals surface area contributed by atoms with Crippen molar-refractivity contribution in [2.75, 3.05) is 37.6 Å². The van der Waals surface area contributed by atoms with Gasteiger partial charge >= 0.3 is 0 Å². The van der Waals surface area contributed by atoms with Crippen molar-refractivity contribution in [3.63, 3.8) is 0 Å². The standard InChI is InChI=1S/C19H31ClN6O/c1-5-21-17(27)19(3,4)13-24-18(22-6-2)25-14-9-11-26(12-14)16-15(20)8-7-10-23-16/h7-8,10,14H,5-6,9,11-13H2,1-4H3,(H,21,27)(H2,22,24,25). The van der Waals surface area contributed by atoms with Crippen molar-refractivity contribution in [2.24, 2.45) is 10.4 Å². The Hall–Kier alpha value is -2.02. The van der Waals surface area contributed by atoms with Crippen molar-refractivity contribution in [2.45, 2.75) is 40.2 Å². The number of rotatable bonds is 7. The average Bonchev–Trinajstić information content (AvgIpc) is 3.09. The van der Waals surface area contributed by atoms with E-state index in [1.165, 1.54) is 0 Å². The van der Waals surface area contributed by atoms with Gasteiger partial charge in [0.2, 0.25) is 5.91 Å². The molecule has 1 fully saturated rings. The van der Waals surface area contributed by atoms with Gasteiger partial charge in [0.15, 0.2) is 5.96 Å². The molecule has 0 spiro atoms. The van der Waals surface area contributed by atoms with E-state index in [-0.39, 0.29) is 11.9 Å². The highest BCUT2D eigenvalue weighted by Gasteiger charge is 2.28. The van der Waals surface area contributed by atoms with Crippen LogP contribution >= 0.6 is 11.6 Å². The van der Waals surface area contributed by atoms with Gasteiger partial charge in [-0.05, 0) is 46.2 Å². The van der Waals surface area contributed by atoms with E-state index in [9.17, 15) is 4.79 Å². The fourth-order valence-corrected chi connectivity index (χ4v) is 3.18. The summed E-state index contributed by atoms with van der Waals surface area (Å²) >= 11 is 6.26. The Balaban J connectivity index is 1.98. The lowest BCUT2D eigenvalue weighted by Crippen LogP contribution is -2.46. The molecule has 1 aromatic rings. The monoisotopic (exact) mass is 394 g/mol. The van der Waals surface area contributed by atoms with Crippen LogP contribution in [0.25, 0.3) is 0 Å². The summed E-state index contributed by atoms with van der Waals surface area (Å²) in [5, 5.41) is 10.3. The van der Waals surface area contributed by atoms with E-state index >= 15 is 0 Å². The third kappa shape index (κ3) is 5.99. The third-order valence-corrected chi connectivity index (χ3v) is 4.79. The molecule has 2 heterocycles. The van der Waals surface area contributed by atoms with Crippen molar-refractivity contribution in [1.82, 2.24) is 20.9 Å². The normalized spacial score (nSPS) is 17.7. The summed E-state index contributed by atoms with van der Waals surface area (Å²) in [5.41, 5.74) is -0.554. The van der Waals surface area contributed by atoms with Gasteiger partial charge < -0.3 is 20.9 Å². The minimum absolute atomic E-state index is 0.0152. The third-order valence-electron chi connectivity index (χ3n) is 4.50. The Bertz CT molecular complexity index is 663. The molecule has 0 aliphatic carbocycles. The van der Waals surface area contributed by atoms with Crippen LogP contribution in [0.3, 0.4) is 0 Å². The zero-order valence-electron chi connectivity index (χ0n) is 16.7. The van der Waals surface area contributed by atoms with Crippen LogP contribution in [0.2, 0.25) is 5.02 Å². The smallest absolute Gasteiger partial charge is 0.227 e. The molecule has 2 rings (SSSR count). The first-order chi connectivity index (χ1) is 12.9. The fraction of sp³-hybridized carbons (Fsp3) is 0.632. The summed E-state index contributed by atoms with van der Waals surface area (Å²) in [7, 11) is 0. The Kier molecular flexibility index (Phi) is 7.71. The molecule has 8 heteroatoms. The predicted octanol–water partition coefficient (Wildman–Crippen LogP) is 2.03. The van der Waals surface area contributed by atoms with E-state index in [1.807, 2.05) is 39.8 Å². The lowest BCUT2D eigenvalue weighted by atomic mass is 9.92. The van der Waals surface area contributed by atoms with Gasteiger partial charge in [0, 0.05) is 38.4 Å². The molecule has 7 nitrogen and oxygen atoms in total. The number of hydrogen-bond acceptors (Lipinski definition) is 4. The molecule has 1 unspecified atom stereocenters. The van der Waals surface area contributed by atoms with Crippen LogP contribution in [0, 0.1) is 5.41 Å². The molecular weight excluding hydrogens is 364 g/mol. The van der Waals surface area contributed by atoms with Gasteiger partial charge in [-0.3, -0.25) is 9.79 Å². The second-order valence-corrected chi connectivity index (χ2v) is 7.73. The first-order valence-corrected chi connectivity index (χ1v) is 9.93. The second-order valence-electron chi connectivity index (χ2n) is 7.32. The maximum Gasteiger partial charge on any atom is 0.227 e. The Morgan fingerprint density at radius 2 is 2.11 bits per heavy atom. The number of carbonyl (C=O) groups is 1. The number of aliphatic imine (C=N–C) groups is 1. The number of hydrogen-bond donors (Lipinski definition) is 3. The molecular formula is C19H31ClN6O. The van der Waals surface area contributed by atoms with E-state index < -0.39 is 5.41 Å². The van der Waals surface area contributed by atoms with E-state index in [2.05, 4.69) is 30.8 Å². The van der Waals surface area contributed by atoms with E-state index in [0.29, 0.717) is 18.1 Å². The highest BCUT2D eigenvalue weighted by molar-refractivity contribution is 6.32. The Morgan fingerprint density at radius 3 is 2.78 bits per heavy atom. The maximum absolute atomic E-state index is 12.2. The summed E-state index contributed by atoms with van der Waals surface area (Å²) < 4.78 is 0. The summed E-state index contributed by atoms with van der Waals surface area (Å²) in [6.45, 7) is 11.3. The van der Waals surface area contributed by atoms with Gasteiger partial charge in [0.25, 0.3) is 0 Å². The van der Waals surface area contributed by atoms with Crippen LogP contribution in [0.1, 0.15) is 34.1 Å². The number of pyridine rings is 1. The van der Waals surface area contributed by atoms with Crippen molar-refractivity contribution in [1.29, 1.82) is 0 Å². The van der Waals surface area contributed by atoms with Crippen LogP contribution < -0.4 is 20.9 Å². The second kappa shape index (κ2) is 9.78. The van der Waals surface area contributed by atoms with Crippen LogP contribution in [0.4, 0.5) is 5.82 Å². The molecule has 1 aromatic heterocycles. The lowest BCUT2D eigenvalue weighted by Gasteiger charge is -2.23. The number of anilines is 1. The van der Waals surface area contributed by atoms with Crippen LogP contribution in [0.15, 0.2) is 23.3 Å². The first kappa shape index (κ1) is 21.3. The highest BCUT2D eigenvalue weighted by Crippen LogP contribution is 2.25. The molecule has 0 radical (unpaired) electrons. The van der Waals surface area contributed by atoms with Gasteiger partial charge in [0.05, 0.1) is 17.0 Å². The summed E-state index contributed by atoms with van der Waals surface area (Å²) in [6.07, 6.45) is 2.73. The number of halogens is 1. The van der Waals surface area contributed by atoms with Crippen molar-refractivity contribution < 1.29 is 4.79 Å². The molecule has 0 aromatic carbocycles. The minimum atomic E-state index is -0.554. The quantitative estimate of drug-likeness (QED) is 0.487. The summed E-state index contributed by atoms with van der Waals surface area (Å²) in [6, 6.07) is 3.94. The SMILES string of the molecule is CCNC(=O)C(C)(C)CN=C(NCC)NC1CCN(c2ncccc2Cl)C1. The van der Waals surface area contributed by atoms with Crippen molar-refractivity contribution in [3.05, 3.63) is 23.4 Å². The molecule has 1 aliphatic heterocycles. The Labute approximate surface area is 167 Å². The zero-order valence-corrected chi connectivity index (χ0v) is 17.4. The lowest BCUT2D eigenvalue weighted by molar-refractivity contribution is -0.128. The number of amides is 1. The number of aromatic nitrogens is 1. The van der Waals surface area contributed by atoms with Crippen LogP contribution in [0.5, 0.6) is 0 Å². The van der Waals surface area contributed by atoms with Gasteiger partial charge in [-0.25, -0.2) is 4.98 Å². The molecule has 3 N–H and O–H groups in total. The van der Waals surface area contributed by atoms with E-state index in [4.69, 9.17) is 11.6 Å². The zero-order chi connectivity index (χ0) is 19.9. The number of guanidine groups is 1. The van der Waals surface area contributed by atoms with Crippen LogP contribution in [-0.2, 0) is 4.79 Å². The predicted molar refractivity (Wildman–Crippen MR) is 111 cm³/mol. The fourth-order valence-electron chi connectivity index (χ4n) is 2.94. The largest absolute Gasteiger partial charge is 0.357 e.